The number of rotatable bonds is 4. The summed E-state index contributed by atoms with van der Waals surface area (Å²) in [5, 5.41) is 17.5. The van der Waals surface area contributed by atoms with E-state index < -0.39 is 0 Å². The summed E-state index contributed by atoms with van der Waals surface area (Å²) >= 11 is 1.48. The van der Waals surface area contributed by atoms with E-state index in [0.29, 0.717) is 5.56 Å². The van der Waals surface area contributed by atoms with Crippen molar-refractivity contribution >= 4 is 17.6 Å². The maximum absolute atomic E-state index is 9.09. The van der Waals surface area contributed by atoms with Crippen molar-refractivity contribution < 1.29 is 5.11 Å². The lowest BCUT2D eigenvalue weighted by Gasteiger charge is -2.12. The Morgan fingerprint density at radius 1 is 1.65 bits per heavy atom. The van der Waals surface area contributed by atoms with Crippen molar-refractivity contribution in [2.45, 2.75) is 36.5 Å². The van der Waals surface area contributed by atoms with Crippen LogP contribution in [0.2, 0.25) is 0 Å². The molecule has 0 radical (unpaired) electrons. The SMILES string of the molecule is CC(CO)Sc1nc2c(cc1C(=N)N)CCC2. The third-order valence-electron chi connectivity index (χ3n) is 2.88. The van der Waals surface area contributed by atoms with Crippen LogP contribution in [0.15, 0.2) is 11.1 Å². The Bertz CT molecular complexity index is 448. The predicted octanol–water partition coefficient (Wildman–Crippen LogP) is 1.33. The number of amidine groups is 1. The topological polar surface area (TPSA) is 83.0 Å². The number of hydrogen-bond donors (Lipinski definition) is 3. The average molecular weight is 251 g/mol. The van der Waals surface area contributed by atoms with E-state index in [-0.39, 0.29) is 17.7 Å². The normalized spacial score (nSPS) is 15.6. The number of aliphatic hydroxyl groups excluding tert-OH is 1. The number of nitrogens with one attached hydrogen (secondary N) is 1. The molecule has 0 amide bonds. The molecule has 1 aromatic rings. The molecule has 4 nitrogen and oxygen atoms in total. The fourth-order valence-electron chi connectivity index (χ4n) is 1.96. The van der Waals surface area contributed by atoms with Crippen LogP contribution in [-0.4, -0.2) is 27.8 Å². The fraction of sp³-hybridized carbons (Fsp3) is 0.500. The Morgan fingerprint density at radius 3 is 3.06 bits per heavy atom. The highest BCUT2D eigenvalue weighted by molar-refractivity contribution is 7.99. The molecule has 2 rings (SSSR count). The number of pyridine rings is 1. The number of thioether (sulfide) groups is 1. The van der Waals surface area contributed by atoms with E-state index in [4.69, 9.17) is 16.2 Å². The molecule has 0 aliphatic heterocycles. The zero-order valence-electron chi connectivity index (χ0n) is 9.86. The molecule has 0 spiro atoms. The van der Waals surface area contributed by atoms with Crippen molar-refractivity contribution in [3.8, 4) is 0 Å². The Morgan fingerprint density at radius 2 is 2.41 bits per heavy atom. The molecule has 0 fully saturated rings. The third-order valence-corrected chi connectivity index (χ3v) is 3.96. The summed E-state index contributed by atoms with van der Waals surface area (Å²) in [4.78, 5) is 4.59. The van der Waals surface area contributed by atoms with E-state index in [1.165, 1.54) is 17.3 Å². The largest absolute Gasteiger partial charge is 0.395 e. The molecule has 1 aliphatic rings. The lowest BCUT2D eigenvalue weighted by Crippen LogP contribution is -2.15. The number of aryl methyl sites for hydroxylation is 2. The molecule has 1 heterocycles. The van der Waals surface area contributed by atoms with Crippen LogP contribution < -0.4 is 5.73 Å². The highest BCUT2D eigenvalue weighted by Crippen LogP contribution is 2.30. The maximum atomic E-state index is 9.09. The molecule has 92 valence electrons. The van der Waals surface area contributed by atoms with E-state index in [1.807, 2.05) is 13.0 Å². The van der Waals surface area contributed by atoms with Gasteiger partial charge in [0.05, 0.1) is 6.61 Å². The van der Waals surface area contributed by atoms with Gasteiger partial charge in [-0.15, -0.1) is 11.8 Å². The average Bonchev–Trinajstić information content (AvgIpc) is 2.74. The quantitative estimate of drug-likeness (QED) is 0.428. The summed E-state index contributed by atoms with van der Waals surface area (Å²) < 4.78 is 0. The van der Waals surface area contributed by atoms with E-state index in [9.17, 15) is 0 Å². The first-order valence-corrected chi connectivity index (χ1v) is 6.64. The van der Waals surface area contributed by atoms with Crippen molar-refractivity contribution in [1.29, 1.82) is 5.41 Å². The number of aliphatic hydroxyl groups is 1. The van der Waals surface area contributed by atoms with Crippen molar-refractivity contribution in [1.82, 2.24) is 4.98 Å². The lowest BCUT2D eigenvalue weighted by atomic mass is 10.1. The van der Waals surface area contributed by atoms with E-state index in [1.54, 1.807) is 0 Å². The van der Waals surface area contributed by atoms with Crippen LogP contribution in [0.4, 0.5) is 0 Å². The molecular weight excluding hydrogens is 234 g/mol. The predicted molar refractivity (Wildman–Crippen MR) is 69.7 cm³/mol. The van der Waals surface area contributed by atoms with E-state index >= 15 is 0 Å². The van der Waals surface area contributed by atoms with Gasteiger partial charge in [0.25, 0.3) is 0 Å². The number of nitrogens with zero attached hydrogens (tertiary/aromatic N) is 1. The molecule has 1 aromatic heterocycles. The minimum absolute atomic E-state index is 0.0554. The second kappa shape index (κ2) is 5.06. The van der Waals surface area contributed by atoms with Crippen LogP contribution in [0.5, 0.6) is 0 Å². The van der Waals surface area contributed by atoms with E-state index in [0.717, 1.165) is 30.0 Å². The van der Waals surface area contributed by atoms with Crippen molar-refractivity contribution in [2.75, 3.05) is 6.61 Å². The molecule has 4 N–H and O–H groups in total. The summed E-state index contributed by atoms with van der Waals surface area (Å²) in [7, 11) is 0. The molecule has 0 aromatic carbocycles. The lowest BCUT2D eigenvalue weighted by molar-refractivity contribution is 0.300. The highest BCUT2D eigenvalue weighted by atomic mass is 32.2. The molecule has 5 heteroatoms. The first-order valence-electron chi connectivity index (χ1n) is 5.76. The van der Waals surface area contributed by atoms with Crippen molar-refractivity contribution in [3.63, 3.8) is 0 Å². The highest BCUT2D eigenvalue weighted by Gasteiger charge is 2.19. The number of fused-ring (bicyclic) bond motifs is 1. The Labute approximate surface area is 105 Å². The molecule has 0 saturated heterocycles. The van der Waals surface area contributed by atoms with Gasteiger partial charge in [-0.05, 0) is 30.9 Å². The maximum Gasteiger partial charge on any atom is 0.125 e. The molecule has 17 heavy (non-hydrogen) atoms. The Kier molecular flexibility index (Phi) is 3.69. The summed E-state index contributed by atoms with van der Waals surface area (Å²) in [6.45, 7) is 2.03. The van der Waals surface area contributed by atoms with Gasteiger partial charge in [0.1, 0.15) is 10.9 Å². The third kappa shape index (κ3) is 2.61. The van der Waals surface area contributed by atoms with Gasteiger partial charge < -0.3 is 10.8 Å². The number of hydrogen-bond acceptors (Lipinski definition) is 4. The summed E-state index contributed by atoms with van der Waals surface area (Å²) in [6.07, 6.45) is 3.17. The minimum Gasteiger partial charge on any atom is -0.395 e. The second-order valence-electron chi connectivity index (χ2n) is 4.33. The van der Waals surface area contributed by atoms with Crippen LogP contribution in [0.3, 0.4) is 0 Å². The van der Waals surface area contributed by atoms with Gasteiger partial charge in [-0.2, -0.15) is 0 Å². The smallest absolute Gasteiger partial charge is 0.125 e. The van der Waals surface area contributed by atoms with E-state index in [2.05, 4.69) is 4.98 Å². The van der Waals surface area contributed by atoms with Gasteiger partial charge in [0.2, 0.25) is 0 Å². The molecule has 1 unspecified atom stereocenters. The molecular formula is C12H17N3OS. The van der Waals surface area contributed by atoms with Crippen LogP contribution in [-0.2, 0) is 12.8 Å². The standard InChI is InChI=1S/C12H17N3OS/c1-7(6-16)17-12-9(11(13)14)5-8-3-2-4-10(8)15-12/h5,7,16H,2-4,6H2,1H3,(H3,13,14). The van der Waals surface area contributed by atoms with Crippen molar-refractivity contribution in [2.24, 2.45) is 5.73 Å². The Hall–Kier alpha value is -1.07. The zero-order chi connectivity index (χ0) is 12.4. The molecule has 0 saturated carbocycles. The van der Waals surface area contributed by atoms with Crippen LogP contribution in [0.25, 0.3) is 0 Å². The second-order valence-corrected chi connectivity index (χ2v) is 5.75. The van der Waals surface area contributed by atoms with Crippen LogP contribution >= 0.6 is 11.8 Å². The van der Waals surface area contributed by atoms with Gasteiger partial charge in [0.15, 0.2) is 0 Å². The minimum atomic E-state index is 0.0554. The number of nitrogen functional groups attached to an aromatic ring is 1. The van der Waals surface area contributed by atoms with Gasteiger partial charge in [-0.3, -0.25) is 5.41 Å². The molecule has 1 aliphatic carbocycles. The first-order chi connectivity index (χ1) is 8.11. The van der Waals surface area contributed by atoms with Crippen LogP contribution in [0.1, 0.15) is 30.2 Å². The summed E-state index contributed by atoms with van der Waals surface area (Å²) in [5.41, 5.74) is 8.64. The molecule has 1 atom stereocenters. The van der Waals surface area contributed by atoms with Gasteiger partial charge >= 0.3 is 0 Å². The van der Waals surface area contributed by atoms with Crippen molar-refractivity contribution in [3.05, 3.63) is 22.9 Å². The summed E-state index contributed by atoms with van der Waals surface area (Å²) in [6, 6.07) is 1.99. The van der Waals surface area contributed by atoms with Gasteiger partial charge in [-0.1, -0.05) is 6.92 Å². The summed E-state index contributed by atoms with van der Waals surface area (Å²) in [5.74, 6) is 0.0554. The van der Waals surface area contributed by atoms with Gasteiger partial charge in [0, 0.05) is 16.5 Å². The first kappa shape index (κ1) is 12.4. The monoisotopic (exact) mass is 251 g/mol. The van der Waals surface area contributed by atoms with Crippen LogP contribution in [0, 0.1) is 5.41 Å². The Balaban J connectivity index is 2.38. The fourth-order valence-corrected chi connectivity index (χ4v) is 2.88. The molecule has 0 bridgehead atoms. The number of aromatic nitrogens is 1. The van der Waals surface area contributed by atoms with Gasteiger partial charge in [-0.25, -0.2) is 4.98 Å². The number of nitrogens with two attached hydrogens (primary N) is 1. The zero-order valence-corrected chi connectivity index (χ0v) is 10.7.